The Kier molecular flexibility index (Phi) is 5.85. The minimum Gasteiger partial charge on any atom is -0.466 e. The number of ketones is 1. The number of hydrogen-bond donors (Lipinski definition) is 0. The van der Waals surface area contributed by atoms with Crippen LogP contribution in [0.4, 0.5) is 0 Å². The molecule has 96 valence electrons. The van der Waals surface area contributed by atoms with Crippen molar-refractivity contribution < 1.29 is 14.3 Å². The number of hydrogen-bond acceptors (Lipinski definition) is 3. The molecule has 18 heavy (non-hydrogen) atoms. The maximum atomic E-state index is 11.1. The number of Topliss-reactive ketones (excluding diaryl/α,β-unsaturated/α-hetero) is 1. The molecule has 0 radical (unpaired) electrons. The van der Waals surface area contributed by atoms with Gasteiger partial charge in [0.1, 0.15) is 0 Å². The average molecular weight is 246 g/mol. The molecule has 0 N–H and O–H groups in total. The zero-order valence-corrected chi connectivity index (χ0v) is 10.8. The second-order valence-electron chi connectivity index (χ2n) is 3.92. The molecule has 0 aromatic heterocycles. The Hall–Kier alpha value is -1.90. The molecule has 0 aliphatic carbocycles. The van der Waals surface area contributed by atoms with Crippen LogP contribution in [0.2, 0.25) is 0 Å². The lowest BCUT2D eigenvalue weighted by Gasteiger charge is -1.99. The zero-order chi connectivity index (χ0) is 13.4. The van der Waals surface area contributed by atoms with Gasteiger partial charge in [0.25, 0.3) is 0 Å². The third-order valence-electron chi connectivity index (χ3n) is 2.45. The number of ether oxygens (including phenoxy) is 1. The Labute approximate surface area is 107 Å². The highest BCUT2D eigenvalue weighted by Crippen LogP contribution is 2.08. The molecule has 3 nitrogen and oxygen atoms in total. The van der Waals surface area contributed by atoms with Crippen molar-refractivity contribution in [1.29, 1.82) is 0 Å². The van der Waals surface area contributed by atoms with E-state index in [2.05, 4.69) is 0 Å². The monoisotopic (exact) mass is 246 g/mol. The van der Waals surface area contributed by atoms with Crippen LogP contribution >= 0.6 is 0 Å². The largest absolute Gasteiger partial charge is 0.466 e. The summed E-state index contributed by atoms with van der Waals surface area (Å²) in [6, 6.07) is 7.37. The molecule has 1 rings (SSSR count). The van der Waals surface area contributed by atoms with Crippen molar-refractivity contribution in [3.05, 3.63) is 41.5 Å². The first kappa shape index (κ1) is 14.2. The van der Waals surface area contributed by atoms with Gasteiger partial charge in [0.15, 0.2) is 5.78 Å². The summed E-state index contributed by atoms with van der Waals surface area (Å²) in [7, 11) is 0. The maximum Gasteiger partial charge on any atom is 0.306 e. The van der Waals surface area contributed by atoms with Crippen LogP contribution in [0, 0.1) is 0 Å². The van der Waals surface area contributed by atoms with Crippen molar-refractivity contribution in [3.8, 4) is 0 Å². The van der Waals surface area contributed by atoms with Gasteiger partial charge in [0.2, 0.25) is 0 Å². The Morgan fingerprint density at radius 3 is 2.44 bits per heavy atom. The van der Waals surface area contributed by atoms with Crippen molar-refractivity contribution in [1.82, 2.24) is 0 Å². The van der Waals surface area contributed by atoms with E-state index in [9.17, 15) is 9.59 Å². The molecule has 0 aliphatic heterocycles. The van der Waals surface area contributed by atoms with Crippen LogP contribution in [0.5, 0.6) is 0 Å². The molecule has 0 atom stereocenters. The molecule has 0 fully saturated rings. The van der Waals surface area contributed by atoms with E-state index in [-0.39, 0.29) is 11.8 Å². The van der Waals surface area contributed by atoms with E-state index in [0.717, 1.165) is 5.56 Å². The van der Waals surface area contributed by atoms with Gasteiger partial charge >= 0.3 is 5.97 Å². The van der Waals surface area contributed by atoms with Gasteiger partial charge in [0.05, 0.1) is 6.61 Å². The highest BCUT2D eigenvalue weighted by atomic mass is 16.5. The van der Waals surface area contributed by atoms with Gasteiger partial charge in [-0.25, -0.2) is 0 Å². The molecule has 1 aromatic rings. The van der Waals surface area contributed by atoms with E-state index < -0.39 is 0 Å². The second kappa shape index (κ2) is 7.43. The van der Waals surface area contributed by atoms with Gasteiger partial charge in [-0.2, -0.15) is 0 Å². The van der Waals surface area contributed by atoms with E-state index in [1.807, 2.05) is 24.3 Å². The Morgan fingerprint density at radius 2 is 1.89 bits per heavy atom. The summed E-state index contributed by atoms with van der Waals surface area (Å²) in [5.74, 6) is -0.109. The minimum absolute atomic E-state index is 0.0628. The van der Waals surface area contributed by atoms with Gasteiger partial charge in [-0.1, -0.05) is 36.4 Å². The van der Waals surface area contributed by atoms with E-state index in [1.54, 1.807) is 26.0 Å². The molecule has 0 bridgehead atoms. The fraction of sp³-hybridized carbons (Fsp3) is 0.333. The molecule has 1 aromatic carbocycles. The summed E-state index contributed by atoms with van der Waals surface area (Å²) in [6.07, 6.45) is 4.92. The summed E-state index contributed by atoms with van der Waals surface area (Å²) >= 11 is 0. The van der Waals surface area contributed by atoms with Crippen molar-refractivity contribution in [2.24, 2.45) is 0 Å². The summed E-state index contributed by atoms with van der Waals surface area (Å²) in [5.41, 5.74) is 1.72. The van der Waals surface area contributed by atoms with Gasteiger partial charge in [-0.3, -0.25) is 9.59 Å². The summed E-state index contributed by atoms with van der Waals surface area (Å²) < 4.78 is 4.83. The molecule has 0 spiro atoms. The first-order chi connectivity index (χ1) is 8.63. The second-order valence-corrected chi connectivity index (χ2v) is 3.92. The first-order valence-corrected chi connectivity index (χ1v) is 6.06. The van der Waals surface area contributed by atoms with Crippen LogP contribution in [0.15, 0.2) is 30.3 Å². The molecule has 0 amide bonds. The third kappa shape index (κ3) is 4.95. The number of carbonyl (C=O) groups excluding carboxylic acids is 2. The number of rotatable bonds is 6. The lowest BCUT2D eigenvalue weighted by Crippen LogP contribution is -2.02. The first-order valence-electron chi connectivity index (χ1n) is 6.06. The predicted molar refractivity (Wildman–Crippen MR) is 71.3 cm³/mol. The minimum atomic E-state index is -0.172. The summed E-state index contributed by atoms with van der Waals surface area (Å²) in [5, 5.41) is 0. The quantitative estimate of drug-likeness (QED) is 0.571. The van der Waals surface area contributed by atoms with Gasteiger partial charge in [0, 0.05) is 12.0 Å². The predicted octanol–water partition coefficient (Wildman–Crippen LogP) is 3.25. The number of carbonyl (C=O) groups is 2. The smallest absolute Gasteiger partial charge is 0.306 e. The Balaban J connectivity index is 2.42. The molecular formula is C15H18O3. The van der Waals surface area contributed by atoms with Gasteiger partial charge < -0.3 is 4.74 Å². The normalized spacial score (nSPS) is 10.6. The Morgan fingerprint density at radius 1 is 1.22 bits per heavy atom. The zero-order valence-electron chi connectivity index (χ0n) is 10.8. The van der Waals surface area contributed by atoms with E-state index in [4.69, 9.17) is 4.74 Å². The number of benzene rings is 1. The fourth-order valence-corrected chi connectivity index (χ4v) is 1.48. The van der Waals surface area contributed by atoms with E-state index in [1.165, 1.54) is 0 Å². The molecule has 0 heterocycles. The van der Waals surface area contributed by atoms with E-state index in [0.29, 0.717) is 25.0 Å². The standard InChI is InChI=1S/C15H18O3/c1-3-18-15(17)7-5-4-6-13-8-10-14(11-9-13)12(2)16/h4,6,8-11H,3,5,7H2,1-2H3/b6-4+. The average Bonchev–Trinajstić information content (AvgIpc) is 2.35. The van der Waals surface area contributed by atoms with Crippen LogP contribution in [-0.4, -0.2) is 18.4 Å². The number of esters is 1. The topological polar surface area (TPSA) is 43.4 Å². The fourth-order valence-electron chi connectivity index (χ4n) is 1.48. The maximum absolute atomic E-state index is 11.1. The molecular weight excluding hydrogens is 228 g/mol. The van der Waals surface area contributed by atoms with Gasteiger partial charge in [-0.05, 0) is 25.8 Å². The lowest BCUT2D eigenvalue weighted by atomic mass is 10.1. The van der Waals surface area contributed by atoms with Crippen molar-refractivity contribution in [3.63, 3.8) is 0 Å². The molecule has 3 heteroatoms. The lowest BCUT2D eigenvalue weighted by molar-refractivity contribution is -0.142. The highest BCUT2D eigenvalue weighted by molar-refractivity contribution is 5.94. The molecule has 0 unspecified atom stereocenters. The molecule has 0 saturated heterocycles. The summed E-state index contributed by atoms with van der Waals surface area (Å²) in [6.45, 7) is 3.77. The van der Waals surface area contributed by atoms with Crippen LogP contribution in [0.3, 0.4) is 0 Å². The Bertz CT molecular complexity index is 430. The molecule has 0 saturated carbocycles. The summed E-state index contributed by atoms with van der Waals surface area (Å²) in [4.78, 5) is 22.2. The van der Waals surface area contributed by atoms with Crippen LogP contribution in [0.25, 0.3) is 6.08 Å². The number of allylic oxidation sites excluding steroid dienone is 1. The molecule has 0 aliphatic rings. The van der Waals surface area contributed by atoms with Crippen LogP contribution < -0.4 is 0 Å². The van der Waals surface area contributed by atoms with Crippen molar-refractivity contribution in [2.75, 3.05) is 6.61 Å². The van der Waals surface area contributed by atoms with E-state index >= 15 is 0 Å². The van der Waals surface area contributed by atoms with Crippen LogP contribution in [-0.2, 0) is 9.53 Å². The third-order valence-corrected chi connectivity index (χ3v) is 2.45. The SMILES string of the molecule is CCOC(=O)CC/C=C/c1ccc(C(C)=O)cc1. The van der Waals surface area contributed by atoms with Crippen LogP contribution in [0.1, 0.15) is 42.6 Å². The van der Waals surface area contributed by atoms with Gasteiger partial charge in [-0.15, -0.1) is 0 Å². The van der Waals surface area contributed by atoms with Crippen molar-refractivity contribution >= 4 is 17.8 Å². The van der Waals surface area contributed by atoms with Crippen molar-refractivity contribution in [2.45, 2.75) is 26.7 Å². The highest BCUT2D eigenvalue weighted by Gasteiger charge is 1.99.